The second kappa shape index (κ2) is 9.57. The summed E-state index contributed by atoms with van der Waals surface area (Å²) in [5.74, 6) is -1.38. The zero-order valence-corrected chi connectivity index (χ0v) is 23.9. The summed E-state index contributed by atoms with van der Waals surface area (Å²) in [6.45, 7) is 7.78. The number of fused-ring (bicyclic) bond motifs is 2. The van der Waals surface area contributed by atoms with Crippen LogP contribution in [0.1, 0.15) is 91.3 Å². The summed E-state index contributed by atoms with van der Waals surface area (Å²) in [5, 5.41) is 17.4. The molecule has 1 aromatic carbocycles. The zero-order valence-electron chi connectivity index (χ0n) is 23.9. The van der Waals surface area contributed by atoms with Crippen LogP contribution >= 0.6 is 0 Å². The van der Waals surface area contributed by atoms with Crippen LogP contribution in [0.5, 0.6) is 0 Å². The number of likely N-dealkylation sites (tertiary alicyclic amines) is 1. The van der Waals surface area contributed by atoms with Crippen molar-refractivity contribution in [3.63, 3.8) is 0 Å². The Hall–Kier alpha value is -3.88. The van der Waals surface area contributed by atoms with Gasteiger partial charge in [0.2, 0.25) is 0 Å². The van der Waals surface area contributed by atoms with Crippen molar-refractivity contribution >= 4 is 23.5 Å². The first-order valence-electron chi connectivity index (χ1n) is 14.4. The number of halogens is 3. The number of hydrogen-bond acceptors (Lipinski definition) is 5. The van der Waals surface area contributed by atoms with Crippen molar-refractivity contribution in [3.8, 4) is 6.07 Å². The summed E-state index contributed by atoms with van der Waals surface area (Å²) in [6, 6.07) is 4.68. The molecule has 0 radical (unpaired) electrons. The molecule has 1 saturated heterocycles. The molecule has 1 N–H and O–H groups in total. The van der Waals surface area contributed by atoms with Gasteiger partial charge in [-0.2, -0.15) is 23.5 Å². The fraction of sp³-hybridized carbons (Fsp3) is 0.567. The van der Waals surface area contributed by atoms with Crippen molar-refractivity contribution < 1.29 is 27.6 Å². The van der Waals surface area contributed by atoms with Gasteiger partial charge in [0.15, 0.2) is 5.69 Å². The third kappa shape index (κ3) is 4.53. The molecule has 12 heteroatoms. The Morgan fingerprint density at radius 1 is 1.14 bits per heavy atom. The summed E-state index contributed by atoms with van der Waals surface area (Å²) < 4.78 is 41.8. The highest BCUT2D eigenvalue weighted by Crippen LogP contribution is 2.53. The number of carbonyl (C=O) groups is 3. The normalized spacial score (nSPS) is 26.9. The van der Waals surface area contributed by atoms with Crippen LogP contribution in [0.25, 0.3) is 0 Å². The Balaban J connectivity index is 1.46. The van der Waals surface area contributed by atoms with Crippen molar-refractivity contribution in [1.82, 2.24) is 20.0 Å². The van der Waals surface area contributed by atoms with Gasteiger partial charge in [-0.15, -0.1) is 0 Å². The summed E-state index contributed by atoms with van der Waals surface area (Å²) >= 11 is 0. The summed E-state index contributed by atoms with van der Waals surface area (Å²) in [6.07, 6.45) is -1.63. The average molecular weight is 583 g/mol. The van der Waals surface area contributed by atoms with Gasteiger partial charge in [0.25, 0.3) is 17.7 Å². The number of alkyl halides is 3. The van der Waals surface area contributed by atoms with E-state index in [-0.39, 0.29) is 35.7 Å². The number of benzene rings is 1. The van der Waals surface area contributed by atoms with E-state index in [1.165, 1.54) is 11.0 Å². The van der Waals surface area contributed by atoms with E-state index in [0.29, 0.717) is 23.7 Å². The standard InChI is InChI=1S/C30H33F3N6O3/c1-5-37-26-22(24(36-39(26)29(2,3)4)28(42)38-19(14-34)12-17-13-20(17)38)21(15-9-10-15)23(27(37)41)35-25(40)16-7-6-8-18(11-16)30(31,32)33/h6-8,11,15,17,19-21,23H,5,9-10,12-13H2,1-4H3,(H,35,40)/t17-,19-,20+,21-,23-/m0/s1. The molecule has 4 aliphatic rings. The van der Waals surface area contributed by atoms with Crippen LogP contribution in [0.4, 0.5) is 19.0 Å². The molecule has 2 aliphatic carbocycles. The topological polar surface area (TPSA) is 111 Å². The van der Waals surface area contributed by atoms with Gasteiger partial charge in [-0.25, -0.2) is 4.68 Å². The van der Waals surface area contributed by atoms with E-state index in [1.54, 1.807) is 16.5 Å². The predicted octanol–water partition coefficient (Wildman–Crippen LogP) is 4.44. The van der Waals surface area contributed by atoms with Crippen LogP contribution in [-0.2, 0) is 16.5 Å². The molecule has 5 atom stereocenters. The lowest BCUT2D eigenvalue weighted by atomic mass is 9.82. The third-order valence-corrected chi connectivity index (χ3v) is 8.89. The number of aromatic nitrogens is 2. The van der Waals surface area contributed by atoms with Crippen LogP contribution in [0.15, 0.2) is 24.3 Å². The van der Waals surface area contributed by atoms with Crippen LogP contribution in [0, 0.1) is 23.2 Å². The molecule has 3 amide bonds. The number of nitrogens with zero attached hydrogens (tertiary/aromatic N) is 5. The van der Waals surface area contributed by atoms with Gasteiger partial charge in [-0.3, -0.25) is 19.3 Å². The highest BCUT2D eigenvalue weighted by molar-refractivity contribution is 6.07. The van der Waals surface area contributed by atoms with E-state index in [2.05, 4.69) is 11.4 Å². The maximum Gasteiger partial charge on any atom is 0.416 e. The maximum absolute atomic E-state index is 14.2. The van der Waals surface area contributed by atoms with Crippen molar-refractivity contribution in [2.45, 2.75) is 89.1 Å². The van der Waals surface area contributed by atoms with Gasteiger partial charge < -0.3 is 10.2 Å². The molecule has 42 heavy (non-hydrogen) atoms. The highest BCUT2D eigenvalue weighted by Gasteiger charge is 2.57. The van der Waals surface area contributed by atoms with Gasteiger partial charge >= 0.3 is 6.18 Å². The number of rotatable bonds is 5. The minimum absolute atomic E-state index is 0.0131. The van der Waals surface area contributed by atoms with Crippen molar-refractivity contribution in [2.75, 3.05) is 11.4 Å². The van der Waals surface area contributed by atoms with E-state index in [0.717, 1.165) is 37.5 Å². The summed E-state index contributed by atoms with van der Waals surface area (Å²) in [7, 11) is 0. The van der Waals surface area contributed by atoms with Crippen LogP contribution in [-0.4, -0.2) is 57.1 Å². The molecule has 222 valence electrons. The molecular formula is C30H33F3N6O3. The first-order chi connectivity index (χ1) is 19.8. The molecule has 3 fully saturated rings. The molecule has 2 aromatic rings. The van der Waals surface area contributed by atoms with E-state index in [9.17, 15) is 32.8 Å². The van der Waals surface area contributed by atoms with E-state index in [4.69, 9.17) is 5.10 Å². The number of hydrogen-bond donors (Lipinski definition) is 1. The molecule has 2 aliphatic heterocycles. The number of amides is 3. The molecule has 2 saturated carbocycles. The Labute approximate surface area is 241 Å². The number of anilines is 1. The zero-order chi connectivity index (χ0) is 30.3. The molecular weight excluding hydrogens is 549 g/mol. The Morgan fingerprint density at radius 3 is 2.45 bits per heavy atom. The fourth-order valence-electron chi connectivity index (χ4n) is 6.67. The minimum Gasteiger partial charge on any atom is -0.340 e. The number of likely N-dealkylation sites (N-methyl/N-ethyl adjacent to an activating group) is 1. The van der Waals surface area contributed by atoms with Crippen molar-refractivity contribution in [2.24, 2.45) is 11.8 Å². The molecule has 1 aromatic heterocycles. The van der Waals surface area contributed by atoms with E-state index >= 15 is 0 Å². The fourth-order valence-corrected chi connectivity index (χ4v) is 6.67. The van der Waals surface area contributed by atoms with Crippen LogP contribution in [0.3, 0.4) is 0 Å². The highest BCUT2D eigenvalue weighted by atomic mass is 19.4. The quantitative estimate of drug-likeness (QED) is 0.561. The van der Waals surface area contributed by atoms with Gasteiger partial charge in [-0.05, 0) is 83.4 Å². The number of piperidine rings is 1. The third-order valence-electron chi connectivity index (χ3n) is 8.89. The Morgan fingerprint density at radius 2 is 1.86 bits per heavy atom. The van der Waals surface area contributed by atoms with Gasteiger partial charge in [-0.1, -0.05) is 6.07 Å². The largest absolute Gasteiger partial charge is 0.416 e. The molecule has 0 bridgehead atoms. The van der Waals surface area contributed by atoms with Gasteiger partial charge in [0.05, 0.1) is 17.2 Å². The van der Waals surface area contributed by atoms with Gasteiger partial charge in [0.1, 0.15) is 17.9 Å². The first kappa shape index (κ1) is 28.2. The minimum atomic E-state index is -4.63. The molecule has 6 rings (SSSR count). The monoisotopic (exact) mass is 582 g/mol. The second-order valence-electron chi connectivity index (χ2n) is 12.8. The van der Waals surface area contributed by atoms with Crippen LogP contribution in [0.2, 0.25) is 0 Å². The summed E-state index contributed by atoms with van der Waals surface area (Å²) in [4.78, 5) is 44.8. The average Bonchev–Trinajstić information content (AvgIpc) is 3.84. The SMILES string of the molecule is CCN1C(=O)[C@@H](NC(=O)c2cccc(C(F)(F)F)c2)[C@@H](C2CC2)c2c(C(=O)N3[C@H](C#N)C[C@H]4C[C@H]43)nn(C(C)(C)C)c21. The predicted molar refractivity (Wildman–Crippen MR) is 145 cm³/mol. The molecule has 0 unspecified atom stereocenters. The van der Waals surface area contributed by atoms with E-state index in [1.807, 2.05) is 20.8 Å². The second-order valence-corrected chi connectivity index (χ2v) is 12.8. The lowest BCUT2D eigenvalue weighted by Gasteiger charge is -2.40. The van der Waals surface area contributed by atoms with Gasteiger partial charge in [0, 0.05) is 29.6 Å². The van der Waals surface area contributed by atoms with Crippen LogP contribution < -0.4 is 10.2 Å². The molecule has 3 heterocycles. The lowest BCUT2D eigenvalue weighted by Crippen LogP contribution is -2.56. The lowest BCUT2D eigenvalue weighted by molar-refractivity contribution is -0.137. The number of nitriles is 1. The smallest absolute Gasteiger partial charge is 0.340 e. The molecule has 0 spiro atoms. The van der Waals surface area contributed by atoms with Crippen molar-refractivity contribution in [1.29, 1.82) is 5.26 Å². The maximum atomic E-state index is 14.2. The number of nitrogens with one attached hydrogen (secondary N) is 1. The number of carbonyl (C=O) groups excluding carboxylic acids is 3. The summed E-state index contributed by atoms with van der Waals surface area (Å²) in [5.41, 5.74) is -1.05. The first-order valence-corrected chi connectivity index (χ1v) is 14.4. The van der Waals surface area contributed by atoms with E-state index < -0.39 is 47.1 Å². The molecule has 9 nitrogen and oxygen atoms in total. The van der Waals surface area contributed by atoms with Crippen molar-refractivity contribution in [3.05, 3.63) is 46.6 Å². The Kier molecular flexibility index (Phi) is 6.44. The Bertz CT molecular complexity index is 1520.